The van der Waals surface area contributed by atoms with Crippen LogP contribution in [0.3, 0.4) is 0 Å². The van der Waals surface area contributed by atoms with E-state index in [1.54, 1.807) is 45.0 Å². The first-order valence-electron chi connectivity index (χ1n) is 13.6. The maximum absolute atomic E-state index is 13.6. The summed E-state index contributed by atoms with van der Waals surface area (Å²) in [6.45, 7) is 4.43. The van der Waals surface area contributed by atoms with Crippen LogP contribution in [0.25, 0.3) is 0 Å². The fourth-order valence-corrected chi connectivity index (χ4v) is 4.43. The molecule has 0 unspecified atom stereocenters. The largest absolute Gasteiger partial charge is 0.444 e. The van der Waals surface area contributed by atoms with Gasteiger partial charge in [-0.25, -0.2) is 4.79 Å². The van der Waals surface area contributed by atoms with Crippen LogP contribution in [0.2, 0.25) is 0 Å². The number of carbonyl (C=O) groups excluding carboxylic acids is 3. The summed E-state index contributed by atoms with van der Waals surface area (Å²) in [5.41, 5.74) is 4.96. The number of amides is 3. The molecular formula is C30H43N5O5. The lowest BCUT2D eigenvalue weighted by Crippen LogP contribution is -2.68. The van der Waals surface area contributed by atoms with Gasteiger partial charge in [0.05, 0.1) is 6.61 Å². The lowest BCUT2D eigenvalue weighted by molar-refractivity contribution is -0.136. The Morgan fingerprint density at radius 3 is 2.10 bits per heavy atom. The zero-order chi connectivity index (χ0) is 29.6. The summed E-state index contributed by atoms with van der Waals surface area (Å²) in [5.74, 6) is -2.72. The van der Waals surface area contributed by atoms with E-state index in [2.05, 4.69) is 28.1 Å². The summed E-state index contributed by atoms with van der Waals surface area (Å²) < 4.78 is 5.30. The smallest absolute Gasteiger partial charge is 0.407 e. The molecule has 0 saturated heterocycles. The van der Waals surface area contributed by atoms with Crippen molar-refractivity contribution in [2.75, 3.05) is 13.2 Å². The highest BCUT2D eigenvalue weighted by Gasteiger charge is 2.47. The molecule has 2 aromatic carbocycles. The highest BCUT2D eigenvalue weighted by atomic mass is 16.6. The molecule has 0 heterocycles. The second-order valence-corrected chi connectivity index (χ2v) is 10.9. The number of carbonyl (C=O) groups is 3. The first-order chi connectivity index (χ1) is 18.9. The topological polar surface area (TPSA) is 167 Å². The van der Waals surface area contributed by atoms with Crippen LogP contribution in [0.4, 0.5) is 4.79 Å². The predicted octanol–water partition coefficient (Wildman–Crippen LogP) is 3.03. The van der Waals surface area contributed by atoms with Crippen LogP contribution >= 0.6 is 0 Å². The molecule has 0 saturated carbocycles. The van der Waals surface area contributed by atoms with E-state index in [1.807, 2.05) is 24.3 Å². The first-order valence-corrected chi connectivity index (χ1v) is 13.6. The lowest BCUT2D eigenvalue weighted by Gasteiger charge is -2.39. The molecule has 10 heteroatoms. The van der Waals surface area contributed by atoms with Crippen LogP contribution in [0.5, 0.6) is 0 Å². The number of ether oxygens (including phenoxy) is 1. The highest BCUT2D eigenvalue weighted by molar-refractivity contribution is 6.02. The molecule has 2 atom stereocenters. The molecule has 0 aliphatic heterocycles. The molecule has 218 valence electrons. The molecule has 0 aliphatic carbocycles. The van der Waals surface area contributed by atoms with Gasteiger partial charge >= 0.3 is 6.09 Å². The van der Waals surface area contributed by atoms with Crippen molar-refractivity contribution in [1.29, 1.82) is 5.41 Å². The Hall–Kier alpha value is -3.92. The molecule has 0 aromatic heterocycles. The van der Waals surface area contributed by atoms with Crippen LogP contribution < -0.4 is 21.7 Å². The average Bonchev–Trinajstić information content (AvgIpc) is 2.88. The Kier molecular flexibility index (Phi) is 12.6. The van der Waals surface area contributed by atoms with Crippen molar-refractivity contribution in [2.45, 2.75) is 70.4 Å². The maximum atomic E-state index is 13.6. The second kappa shape index (κ2) is 15.6. The van der Waals surface area contributed by atoms with E-state index >= 15 is 0 Å². The molecule has 0 radical (unpaired) electrons. The number of alkyl carbamates (subject to hydrolysis) is 1. The van der Waals surface area contributed by atoms with Crippen molar-refractivity contribution < 1.29 is 24.2 Å². The van der Waals surface area contributed by atoms with Crippen molar-refractivity contribution >= 4 is 23.9 Å². The van der Waals surface area contributed by atoms with Gasteiger partial charge in [-0.15, -0.1) is 0 Å². The Balaban J connectivity index is 2.24. The second-order valence-electron chi connectivity index (χ2n) is 10.9. The molecule has 2 rings (SSSR count). The molecular weight excluding hydrogens is 510 g/mol. The summed E-state index contributed by atoms with van der Waals surface area (Å²) in [7, 11) is 0. The van der Waals surface area contributed by atoms with Crippen molar-refractivity contribution in [3.63, 3.8) is 0 Å². The molecule has 2 aromatic rings. The van der Waals surface area contributed by atoms with Gasteiger partial charge in [-0.1, -0.05) is 67.1 Å². The molecule has 0 aliphatic rings. The summed E-state index contributed by atoms with van der Waals surface area (Å²) >= 11 is 0. The Labute approximate surface area is 236 Å². The van der Waals surface area contributed by atoms with Crippen LogP contribution in [0.15, 0.2) is 60.7 Å². The highest BCUT2D eigenvalue weighted by Crippen LogP contribution is 2.25. The van der Waals surface area contributed by atoms with E-state index < -0.39 is 41.6 Å². The average molecular weight is 554 g/mol. The summed E-state index contributed by atoms with van der Waals surface area (Å²) in [4.78, 5) is 39.3. The predicted molar refractivity (Wildman–Crippen MR) is 155 cm³/mol. The molecule has 3 amide bonds. The van der Waals surface area contributed by atoms with Crippen LogP contribution in [-0.2, 0) is 27.2 Å². The number of guanidine groups is 1. The van der Waals surface area contributed by atoms with Crippen molar-refractivity contribution in [2.24, 2.45) is 11.7 Å². The minimum Gasteiger partial charge on any atom is -0.444 e. The van der Waals surface area contributed by atoms with Gasteiger partial charge in [0, 0.05) is 25.3 Å². The van der Waals surface area contributed by atoms with Crippen molar-refractivity contribution in [1.82, 2.24) is 16.0 Å². The molecule has 7 N–H and O–H groups in total. The quantitative estimate of drug-likeness (QED) is 0.119. The number of aliphatic hydroxyl groups is 1. The standard InChI is InChI=1S/C30H43N5O5/c1-29(2,3)40-28(39)33-20-24(21-36)30(26(38)34-27(31)32,19-23-16-10-5-11-17-23)35-25(37)18-12-6-9-15-22-13-7-4-8-14-22/h4-5,7-8,10-11,13-14,16-17,24,36H,6,9,12,15,18-21H2,1-3H3,(H,33,39)(H,35,37)(H4,31,32,34,38)/t24-,30-/m1/s1. The van der Waals surface area contributed by atoms with Crippen molar-refractivity contribution in [3.8, 4) is 0 Å². The number of hydrogen-bond acceptors (Lipinski definition) is 6. The molecule has 10 nitrogen and oxygen atoms in total. The first kappa shape index (κ1) is 32.3. The molecule has 0 spiro atoms. The van der Waals surface area contributed by atoms with E-state index in [4.69, 9.17) is 15.9 Å². The number of unbranched alkanes of at least 4 members (excludes halogenated alkanes) is 2. The minimum absolute atomic E-state index is 0.00603. The minimum atomic E-state index is -1.72. The number of nitrogens with one attached hydrogen (secondary N) is 4. The third-order valence-corrected chi connectivity index (χ3v) is 6.36. The van der Waals surface area contributed by atoms with Gasteiger partial charge in [0.2, 0.25) is 5.91 Å². The third kappa shape index (κ3) is 11.1. The van der Waals surface area contributed by atoms with E-state index in [0.29, 0.717) is 12.0 Å². The Morgan fingerprint density at radius 2 is 1.55 bits per heavy atom. The van der Waals surface area contributed by atoms with Crippen LogP contribution in [0, 0.1) is 11.3 Å². The van der Waals surface area contributed by atoms with Gasteiger partial charge in [0.1, 0.15) is 11.1 Å². The monoisotopic (exact) mass is 553 g/mol. The number of aryl methyl sites for hydroxylation is 1. The fraction of sp³-hybridized carbons (Fsp3) is 0.467. The Morgan fingerprint density at radius 1 is 0.950 bits per heavy atom. The summed E-state index contributed by atoms with van der Waals surface area (Å²) in [6, 6.07) is 19.1. The zero-order valence-corrected chi connectivity index (χ0v) is 23.7. The number of hydrogen-bond donors (Lipinski definition) is 6. The zero-order valence-electron chi connectivity index (χ0n) is 23.7. The van der Waals surface area contributed by atoms with Gasteiger partial charge in [0.25, 0.3) is 5.91 Å². The number of rotatable bonds is 14. The van der Waals surface area contributed by atoms with Crippen molar-refractivity contribution in [3.05, 3.63) is 71.8 Å². The number of benzene rings is 2. The lowest BCUT2D eigenvalue weighted by atomic mass is 9.77. The third-order valence-electron chi connectivity index (χ3n) is 6.36. The number of aliphatic hydroxyl groups excluding tert-OH is 1. The SMILES string of the molecule is CC(C)(C)OC(=O)NC[C@H](CO)[C@@](Cc1ccccc1)(NC(=O)CCCCCc1ccccc1)C(=O)NC(=N)N. The normalized spacial score (nSPS) is 13.4. The van der Waals surface area contributed by atoms with E-state index in [9.17, 15) is 19.5 Å². The van der Waals surface area contributed by atoms with E-state index in [1.165, 1.54) is 5.56 Å². The molecule has 0 fully saturated rings. The van der Waals surface area contributed by atoms with Gasteiger partial charge in [-0.3, -0.25) is 20.3 Å². The van der Waals surface area contributed by atoms with Crippen LogP contribution in [-0.4, -0.2) is 53.3 Å². The summed E-state index contributed by atoms with van der Waals surface area (Å²) in [6.07, 6.45) is 2.67. The van der Waals surface area contributed by atoms with E-state index in [0.717, 1.165) is 19.3 Å². The van der Waals surface area contributed by atoms with Gasteiger partial charge in [-0.2, -0.15) is 0 Å². The molecule has 40 heavy (non-hydrogen) atoms. The van der Waals surface area contributed by atoms with Crippen LogP contribution in [0.1, 0.15) is 57.6 Å². The van der Waals surface area contributed by atoms with Gasteiger partial charge < -0.3 is 26.2 Å². The van der Waals surface area contributed by atoms with Gasteiger partial charge in [-0.05, 0) is 51.2 Å². The fourth-order valence-electron chi connectivity index (χ4n) is 4.43. The summed E-state index contributed by atoms with van der Waals surface area (Å²) in [5, 5.41) is 25.8. The Bertz CT molecular complexity index is 1100. The van der Waals surface area contributed by atoms with E-state index in [-0.39, 0.29) is 25.3 Å². The molecule has 0 bridgehead atoms. The van der Waals surface area contributed by atoms with Gasteiger partial charge in [0.15, 0.2) is 5.96 Å². The maximum Gasteiger partial charge on any atom is 0.407 e. The number of nitrogens with two attached hydrogens (primary N) is 1.